The molecule has 0 aliphatic heterocycles. The van der Waals surface area contributed by atoms with Crippen molar-refractivity contribution in [2.75, 3.05) is 5.75 Å². The summed E-state index contributed by atoms with van der Waals surface area (Å²) in [7, 11) is -3.21. The Labute approximate surface area is 133 Å². The van der Waals surface area contributed by atoms with Gasteiger partial charge in [0.1, 0.15) is 29.9 Å². The van der Waals surface area contributed by atoms with Gasteiger partial charge in [-0.15, -0.1) is 0 Å². The highest BCUT2D eigenvalue weighted by atomic mass is 32.2. The van der Waals surface area contributed by atoms with E-state index in [0.29, 0.717) is 6.07 Å². The summed E-state index contributed by atoms with van der Waals surface area (Å²) in [5.74, 6) is -1.76. The minimum absolute atomic E-state index is 0.00333. The zero-order valence-corrected chi connectivity index (χ0v) is 13.6. The van der Waals surface area contributed by atoms with Crippen LogP contribution in [0, 0.1) is 16.4 Å². The number of hydrogen-bond acceptors (Lipinski definition) is 5. The predicted molar refractivity (Wildman–Crippen MR) is 81.1 cm³/mol. The van der Waals surface area contributed by atoms with Crippen LogP contribution in [0.2, 0.25) is 0 Å². The van der Waals surface area contributed by atoms with Crippen LogP contribution in [0.4, 0.5) is 8.78 Å². The summed E-state index contributed by atoms with van der Waals surface area (Å²) in [6.07, 6.45) is 2.56. The quantitative estimate of drug-likeness (QED) is 0.837. The normalized spacial score (nSPS) is 18.1. The van der Waals surface area contributed by atoms with Gasteiger partial charge in [0, 0.05) is 27.1 Å². The van der Waals surface area contributed by atoms with Crippen molar-refractivity contribution in [3.8, 4) is 0 Å². The molecule has 0 amide bonds. The maximum Gasteiger partial charge on any atom is 0.137 e. The van der Waals surface area contributed by atoms with Crippen LogP contribution in [0.15, 0.2) is 30.9 Å². The fourth-order valence-electron chi connectivity index (χ4n) is 2.40. The summed E-state index contributed by atoms with van der Waals surface area (Å²) in [5.41, 5.74) is -2.23. The van der Waals surface area contributed by atoms with Crippen molar-refractivity contribution in [1.82, 2.24) is 14.8 Å². The van der Waals surface area contributed by atoms with Crippen LogP contribution in [-0.4, -0.2) is 35.1 Å². The van der Waals surface area contributed by atoms with Gasteiger partial charge in [0.2, 0.25) is 0 Å². The lowest BCUT2D eigenvalue weighted by Crippen LogP contribution is -2.46. The monoisotopic (exact) mass is 344 g/mol. The molecule has 2 N–H and O–H groups in total. The zero-order chi connectivity index (χ0) is 17.3. The first-order valence-corrected chi connectivity index (χ1v) is 8.75. The minimum atomic E-state index is -3.21. The van der Waals surface area contributed by atoms with Crippen LogP contribution in [0.25, 0.3) is 0 Å². The molecular weight excluding hydrogens is 326 g/mol. The van der Waals surface area contributed by atoms with Gasteiger partial charge in [-0.25, -0.2) is 22.7 Å². The van der Waals surface area contributed by atoms with Crippen LogP contribution in [0.5, 0.6) is 0 Å². The van der Waals surface area contributed by atoms with Crippen LogP contribution in [0.3, 0.4) is 0 Å². The van der Waals surface area contributed by atoms with Crippen LogP contribution in [-0.2, 0) is 21.9 Å². The molecule has 3 atom stereocenters. The van der Waals surface area contributed by atoms with Crippen molar-refractivity contribution >= 4 is 9.73 Å². The Morgan fingerprint density at radius 1 is 1.48 bits per heavy atom. The topological polar surface area (TPSA) is 91.9 Å². The number of rotatable bonds is 6. The first kappa shape index (κ1) is 17.5. The molecule has 0 radical (unpaired) electrons. The highest BCUT2D eigenvalue weighted by Gasteiger charge is 2.43. The van der Waals surface area contributed by atoms with Crippen LogP contribution in [0.1, 0.15) is 19.4 Å². The third kappa shape index (κ3) is 3.40. The first-order valence-electron chi connectivity index (χ1n) is 6.96. The van der Waals surface area contributed by atoms with Crippen molar-refractivity contribution < 1.29 is 18.1 Å². The molecule has 9 heteroatoms. The lowest BCUT2D eigenvalue weighted by Gasteiger charge is -2.35. The van der Waals surface area contributed by atoms with E-state index in [2.05, 4.69) is 10.1 Å². The van der Waals surface area contributed by atoms with Gasteiger partial charge in [0.15, 0.2) is 0 Å². The smallest absolute Gasteiger partial charge is 0.137 e. The molecule has 23 heavy (non-hydrogen) atoms. The van der Waals surface area contributed by atoms with Gasteiger partial charge in [-0.1, -0.05) is 13.0 Å². The number of aliphatic hydroxyl groups is 1. The minimum Gasteiger partial charge on any atom is -0.382 e. The maximum atomic E-state index is 14.2. The van der Waals surface area contributed by atoms with E-state index in [4.69, 9.17) is 4.78 Å². The van der Waals surface area contributed by atoms with Gasteiger partial charge in [-0.05, 0) is 13.0 Å². The van der Waals surface area contributed by atoms with Gasteiger partial charge in [0.05, 0.1) is 11.8 Å². The third-order valence-electron chi connectivity index (χ3n) is 3.94. The average Bonchev–Trinajstić information content (AvgIpc) is 2.98. The fourth-order valence-corrected chi connectivity index (χ4v) is 3.73. The van der Waals surface area contributed by atoms with Crippen molar-refractivity contribution in [2.45, 2.75) is 31.2 Å². The largest absolute Gasteiger partial charge is 0.382 e. The first-order chi connectivity index (χ1) is 10.7. The van der Waals surface area contributed by atoms with Gasteiger partial charge >= 0.3 is 0 Å². The molecule has 1 unspecified atom stereocenters. The Kier molecular flexibility index (Phi) is 4.81. The molecule has 1 heterocycles. The number of nitrogens with zero attached hydrogens (tertiary/aromatic N) is 3. The second-order valence-electron chi connectivity index (χ2n) is 5.30. The molecule has 6 nitrogen and oxygen atoms in total. The highest BCUT2D eigenvalue weighted by Crippen LogP contribution is 2.33. The molecule has 0 saturated carbocycles. The van der Waals surface area contributed by atoms with Gasteiger partial charge in [-0.2, -0.15) is 5.10 Å². The van der Waals surface area contributed by atoms with Gasteiger partial charge < -0.3 is 5.11 Å². The lowest BCUT2D eigenvalue weighted by molar-refractivity contribution is 0.0117. The van der Waals surface area contributed by atoms with Crippen molar-refractivity contribution in [2.24, 2.45) is 0 Å². The summed E-state index contributed by atoms with van der Waals surface area (Å²) in [4.78, 5) is 3.75. The van der Waals surface area contributed by atoms with Crippen LogP contribution < -0.4 is 0 Å². The molecule has 0 saturated heterocycles. The Morgan fingerprint density at radius 2 is 2.17 bits per heavy atom. The number of aromatic nitrogens is 3. The van der Waals surface area contributed by atoms with Crippen molar-refractivity contribution in [3.05, 3.63) is 48.1 Å². The van der Waals surface area contributed by atoms with E-state index >= 15 is 0 Å². The molecule has 2 aromatic rings. The molecule has 0 aliphatic carbocycles. The highest BCUT2D eigenvalue weighted by molar-refractivity contribution is 7.93. The van der Waals surface area contributed by atoms with E-state index in [1.54, 1.807) is 6.92 Å². The van der Waals surface area contributed by atoms with E-state index in [9.17, 15) is 18.1 Å². The van der Waals surface area contributed by atoms with Crippen molar-refractivity contribution in [1.29, 1.82) is 4.78 Å². The number of halogens is 2. The standard InChI is InChI=1S/C14H18F2N4O2S/c1-3-23(17,22)10(2)14(21,7-20-9-18-8-19-20)12-5-4-11(15)6-13(12)16/h4-6,8-10,17,21H,3,7H2,1-2H3/t10-,14-,23?/m1/s1. The lowest BCUT2D eigenvalue weighted by atomic mass is 9.90. The molecule has 1 aromatic carbocycles. The Hall–Kier alpha value is -1.87. The molecule has 0 spiro atoms. The molecule has 2 rings (SSSR count). The summed E-state index contributed by atoms with van der Waals surface area (Å²) in [5, 5.41) is 13.9. The number of benzene rings is 1. The average molecular weight is 344 g/mol. The Morgan fingerprint density at radius 3 is 2.70 bits per heavy atom. The predicted octanol–water partition coefficient (Wildman–Crippen LogP) is 1.90. The summed E-state index contributed by atoms with van der Waals surface area (Å²) >= 11 is 0. The second kappa shape index (κ2) is 6.32. The number of nitrogens with one attached hydrogen (secondary N) is 1. The summed E-state index contributed by atoms with van der Waals surface area (Å²) in [6.45, 7) is 2.72. The van der Waals surface area contributed by atoms with E-state index in [-0.39, 0.29) is 17.9 Å². The van der Waals surface area contributed by atoms with E-state index in [0.717, 1.165) is 12.1 Å². The zero-order valence-electron chi connectivity index (χ0n) is 12.7. The molecular formula is C14H18F2N4O2S. The van der Waals surface area contributed by atoms with Crippen LogP contribution >= 0.6 is 0 Å². The molecule has 1 aromatic heterocycles. The number of hydrogen-bond donors (Lipinski definition) is 2. The molecule has 0 fully saturated rings. The van der Waals surface area contributed by atoms with Gasteiger partial charge in [0.25, 0.3) is 0 Å². The molecule has 126 valence electrons. The van der Waals surface area contributed by atoms with E-state index in [1.807, 2.05) is 0 Å². The van der Waals surface area contributed by atoms with E-state index in [1.165, 1.54) is 24.3 Å². The van der Waals surface area contributed by atoms with Gasteiger partial charge in [-0.3, -0.25) is 4.78 Å². The second-order valence-corrected chi connectivity index (χ2v) is 8.04. The summed E-state index contributed by atoms with van der Waals surface area (Å²) < 4.78 is 49.1. The fraction of sp³-hybridized carbons (Fsp3) is 0.429. The SMILES string of the molecule is CCS(=N)(=O)[C@H](C)[C@](O)(Cn1cncn1)c1ccc(F)cc1F. The maximum absolute atomic E-state index is 14.2. The molecule has 0 aliphatic rings. The summed E-state index contributed by atoms with van der Waals surface area (Å²) in [6, 6.07) is 2.75. The third-order valence-corrected chi connectivity index (χ3v) is 6.33. The van der Waals surface area contributed by atoms with Crippen molar-refractivity contribution in [3.63, 3.8) is 0 Å². The Balaban J connectivity index is 2.59. The Bertz CT molecular complexity index is 780. The molecule has 0 bridgehead atoms. The van der Waals surface area contributed by atoms with E-state index < -0.39 is 32.2 Å².